The van der Waals surface area contributed by atoms with E-state index in [2.05, 4.69) is 5.32 Å². The van der Waals surface area contributed by atoms with Gasteiger partial charge in [0.1, 0.15) is 5.75 Å². The fourth-order valence-corrected chi connectivity index (χ4v) is 2.37. The molecule has 0 saturated carbocycles. The molecule has 1 saturated heterocycles. The molecule has 1 aromatic carbocycles. The number of hydrogen-bond acceptors (Lipinski definition) is 3. The number of halogens is 1. The van der Waals surface area contributed by atoms with E-state index >= 15 is 0 Å². The van der Waals surface area contributed by atoms with Gasteiger partial charge in [-0.15, -0.1) is 11.6 Å². The van der Waals surface area contributed by atoms with Crippen molar-refractivity contribution in [3.8, 4) is 5.75 Å². The lowest BCUT2D eigenvalue weighted by Crippen LogP contribution is -2.37. The summed E-state index contributed by atoms with van der Waals surface area (Å²) >= 11 is 5.51. The van der Waals surface area contributed by atoms with Crippen LogP contribution in [0.5, 0.6) is 5.75 Å². The smallest absolute Gasteiger partial charge is 0.229 e. The largest absolute Gasteiger partial charge is 0.497 e. The van der Waals surface area contributed by atoms with Crippen molar-refractivity contribution in [1.29, 1.82) is 0 Å². The first-order valence-electron chi connectivity index (χ1n) is 6.43. The molecular weight excluding hydrogens is 280 g/mol. The highest BCUT2D eigenvalue weighted by Gasteiger charge is 2.31. The number of ether oxygens (including phenoxy) is 1. The summed E-state index contributed by atoms with van der Waals surface area (Å²) in [5.74, 6) is 0.919. The molecule has 0 spiro atoms. The predicted molar refractivity (Wildman–Crippen MR) is 77.2 cm³/mol. The Labute approximate surface area is 122 Å². The second kappa shape index (κ2) is 6.61. The Kier molecular flexibility index (Phi) is 4.84. The molecule has 1 heterocycles. The van der Waals surface area contributed by atoms with Crippen LogP contribution in [-0.2, 0) is 9.59 Å². The van der Waals surface area contributed by atoms with Crippen LogP contribution in [0.25, 0.3) is 0 Å². The average molecular weight is 297 g/mol. The van der Waals surface area contributed by atoms with Gasteiger partial charge in [0.2, 0.25) is 11.8 Å². The fraction of sp³-hybridized carbons (Fsp3) is 0.429. The van der Waals surface area contributed by atoms with E-state index < -0.39 is 0 Å². The molecule has 2 amide bonds. The first kappa shape index (κ1) is 14.7. The zero-order chi connectivity index (χ0) is 14.5. The van der Waals surface area contributed by atoms with E-state index in [1.165, 1.54) is 0 Å². The van der Waals surface area contributed by atoms with Gasteiger partial charge in [0.05, 0.1) is 13.2 Å². The number of rotatable bonds is 5. The zero-order valence-corrected chi connectivity index (χ0v) is 12.0. The summed E-state index contributed by atoms with van der Waals surface area (Å²) in [7, 11) is 1.60. The molecule has 0 aromatic heterocycles. The molecule has 1 N–H and O–H groups in total. The maximum atomic E-state index is 12.0. The molecule has 5 nitrogen and oxygen atoms in total. The maximum absolute atomic E-state index is 12.0. The molecule has 1 aliphatic rings. The Bertz CT molecular complexity index is 490. The summed E-state index contributed by atoms with van der Waals surface area (Å²) in [6, 6.07) is 7.13. The van der Waals surface area contributed by atoms with Gasteiger partial charge in [0.25, 0.3) is 0 Å². The van der Waals surface area contributed by atoms with Crippen molar-refractivity contribution in [2.75, 3.05) is 24.4 Å². The van der Waals surface area contributed by atoms with E-state index in [0.717, 1.165) is 11.4 Å². The molecule has 0 bridgehead atoms. The number of amides is 2. The van der Waals surface area contributed by atoms with Crippen molar-refractivity contribution in [2.45, 2.75) is 18.9 Å². The third-order valence-corrected chi connectivity index (χ3v) is 3.38. The van der Waals surface area contributed by atoms with Crippen LogP contribution in [0.1, 0.15) is 12.8 Å². The molecule has 1 aliphatic heterocycles. The van der Waals surface area contributed by atoms with Gasteiger partial charge in [-0.05, 0) is 24.3 Å². The number of carbonyl (C=O) groups excluding carboxylic acids is 2. The third-order valence-electron chi connectivity index (χ3n) is 3.20. The Morgan fingerprint density at radius 1 is 1.45 bits per heavy atom. The van der Waals surface area contributed by atoms with Gasteiger partial charge in [-0.25, -0.2) is 0 Å². The van der Waals surface area contributed by atoms with Gasteiger partial charge < -0.3 is 15.0 Å². The van der Waals surface area contributed by atoms with Crippen molar-refractivity contribution in [1.82, 2.24) is 5.32 Å². The highest BCUT2D eigenvalue weighted by Crippen LogP contribution is 2.24. The van der Waals surface area contributed by atoms with Crippen LogP contribution in [0, 0.1) is 0 Å². The van der Waals surface area contributed by atoms with Crippen LogP contribution in [0.4, 0.5) is 5.69 Å². The summed E-state index contributed by atoms with van der Waals surface area (Å²) in [4.78, 5) is 25.2. The summed E-state index contributed by atoms with van der Waals surface area (Å²) < 4.78 is 5.09. The van der Waals surface area contributed by atoms with E-state index in [4.69, 9.17) is 16.3 Å². The molecule has 20 heavy (non-hydrogen) atoms. The number of nitrogens with one attached hydrogen (secondary N) is 1. The van der Waals surface area contributed by atoms with Crippen LogP contribution >= 0.6 is 11.6 Å². The predicted octanol–water partition coefficient (Wildman–Crippen LogP) is 1.55. The van der Waals surface area contributed by atoms with E-state index in [-0.39, 0.29) is 30.2 Å². The second-order valence-corrected chi connectivity index (χ2v) is 4.99. The number of anilines is 1. The molecule has 0 aliphatic carbocycles. The summed E-state index contributed by atoms with van der Waals surface area (Å²) in [5.41, 5.74) is 0.810. The Balaban J connectivity index is 1.99. The minimum Gasteiger partial charge on any atom is -0.497 e. The summed E-state index contributed by atoms with van der Waals surface area (Å²) in [6.45, 7) is 0.485. The van der Waals surface area contributed by atoms with Gasteiger partial charge in [-0.1, -0.05) is 0 Å². The van der Waals surface area contributed by atoms with Crippen LogP contribution in [0.2, 0.25) is 0 Å². The minimum atomic E-state index is -0.152. The molecule has 108 valence electrons. The topological polar surface area (TPSA) is 58.6 Å². The molecule has 2 rings (SSSR count). The number of methoxy groups -OCH3 is 1. The number of hydrogen-bond donors (Lipinski definition) is 1. The Morgan fingerprint density at radius 3 is 2.75 bits per heavy atom. The average Bonchev–Trinajstić information content (AvgIpc) is 2.80. The van der Waals surface area contributed by atoms with Gasteiger partial charge in [-0.2, -0.15) is 0 Å². The minimum absolute atomic E-state index is 0.00587. The van der Waals surface area contributed by atoms with E-state index in [1.807, 2.05) is 24.3 Å². The first-order chi connectivity index (χ1) is 9.63. The quantitative estimate of drug-likeness (QED) is 0.839. The first-order valence-corrected chi connectivity index (χ1v) is 6.97. The zero-order valence-electron chi connectivity index (χ0n) is 11.3. The fourth-order valence-electron chi connectivity index (χ4n) is 2.20. The molecular formula is C14H17ClN2O3. The molecule has 6 heteroatoms. The molecule has 1 atom stereocenters. The van der Waals surface area contributed by atoms with Gasteiger partial charge in [0.15, 0.2) is 0 Å². The summed E-state index contributed by atoms with van der Waals surface area (Å²) in [5, 5.41) is 2.82. The number of nitrogens with zero attached hydrogens (tertiary/aromatic N) is 1. The number of benzene rings is 1. The van der Waals surface area contributed by atoms with Crippen molar-refractivity contribution in [3.05, 3.63) is 24.3 Å². The molecule has 1 aromatic rings. The summed E-state index contributed by atoms with van der Waals surface area (Å²) in [6.07, 6.45) is 0.592. The molecule has 0 unspecified atom stereocenters. The monoisotopic (exact) mass is 296 g/mol. The molecule has 0 radical (unpaired) electrons. The van der Waals surface area contributed by atoms with E-state index in [9.17, 15) is 9.59 Å². The third kappa shape index (κ3) is 3.42. The van der Waals surface area contributed by atoms with Crippen molar-refractivity contribution in [3.63, 3.8) is 0 Å². The van der Waals surface area contributed by atoms with Crippen molar-refractivity contribution in [2.24, 2.45) is 0 Å². The molecule has 1 fully saturated rings. The van der Waals surface area contributed by atoms with E-state index in [0.29, 0.717) is 13.0 Å². The Hall–Kier alpha value is -1.75. The lowest BCUT2D eigenvalue weighted by Gasteiger charge is -2.17. The van der Waals surface area contributed by atoms with Crippen LogP contribution < -0.4 is 15.0 Å². The van der Waals surface area contributed by atoms with Crippen LogP contribution in [0.15, 0.2) is 24.3 Å². The van der Waals surface area contributed by atoms with Crippen LogP contribution in [0.3, 0.4) is 0 Å². The lowest BCUT2D eigenvalue weighted by molar-refractivity contribution is -0.121. The Morgan fingerprint density at radius 2 is 2.15 bits per heavy atom. The number of alkyl halides is 1. The van der Waals surface area contributed by atoms with Crippen molar-refractivity contribution < 1.29 is 14.3 Å². The second-order valence-electron chi connectivity index (χ2n) is 4.61. The van der Waals surface area contributed by atoms with Gasteiger partial charge in [-0.3, -0.25) is 9.59 Å². The van der Waals surface area contributed by atoms with Crippen molar-refractivity contribution >= 4 is 29.1 Å². The van der Waals surface area contributed by atoms with Gasteiger partial charge >= 0.3 is 0 Å². The highest BCUT2D eigenvalue weighted by atomic mass is 35.5. The van der Waals surface area contributed by atoms with Gasteiger partial charge in [0, 0.05) is 31.0 Å². The lowest BCUT2D eigenvalue weighted by atomic mass is 10.2. The number of carbonyl (C=O) groups is 2. The SMILES string of the molecule is COc1ccc(N2C[C@H](NC(=O)CCCl)CC2=O)cc1. The van der Waals surface area contributed by atoms with Crippen LogP contribution in [-0.4, -0.2) is 37.4 Å². The maximum Gasteiger partial charge on any atom is 0.229 e. The van der Waals surface area contributed by atoms with E-state index in [1.54, 1.807) is 12.0 Å². The normalized spacial score (nSPS) is 18.2. The highest BCUT2D eigenvalue weighted by molar-refractivity contribution is 6.18. The standard InChI is InChI=1S/C14H17ClN2O3/c1-20-12-4-2-11(3-5-12)17-9-10(8-14(17)19)16-13(18)6-7-15/h2-5,10H,6-9H2,1H3,(H,16,18)/t10-/m1/s1.